The molecule has 2 heterocycles. The molecule has 0 saturated heterocycles. The lowest BCUT2D eigenvalue weighted by Gasteiger charge is -2.11. The zero-order valence-corrected chi connectivity index (χ0v) is 18.9. The van der Waals surface area contributed by atoms with Gasteiger partial charge in [-0.15, -0.1) is 11.3 Å². The van der Waals surface area contributed by atoms with E-state index in [1.165, 1.54) is 11.3 Å². The molecule has 1 amide bonds. The van der Waals surface area contributed by atoms with E-state index in [1.807, 2.05) is 12.1 Å². The summed E-state index contributed by atoms with van der Waals surface area (Å²) in [5.41, 5.74) is 0.0864. The number of nitrogens with zero attached hydrogens (tertiary/aromatic N) is 2. The van der Waals surface area contributed by atoms with Crippen molar-refractivity contribution in [1.82, 2.24) is 15.3 Å². The van der Waals surface area contributed by atoms with E-state index >= 15 is 0 Å². The lowest BCUT2D eigenvalue weighted by molar-refractivity contribution is -0.141. The summed E-state index contributed by atoms with van der Waals surface area (Å²) in [5.74, 6) is 0.779. The standard InChI is InChI=1S/C21H20F3N3O3S2/c1-29-15-6-5-13(10-16(15)30-2)7-8-25-19(28)12-32-20-26-14(17-4-3-9-31-17)11-18(27-20)21(22,23)24/h3-6,9-11H,7-8,12H2,1-2H3,(H,25,28). The van der Waals surface area contributed by atoms with Gasteiger partial charge in [0.05, 0.1) is 30.5 Å². The van der Waals surface area contributed by atoms with Crippen LogP contribution in [0.2, 0.25) is 0 Å². The van der Waals surface area contributed by atoms with Crippen LogP contribution in [0.1, 0.15) is 11.3 Å². The van der Waals surface area contributed by atoms with Crippen LogP contribution in [0, 0.1) is 0 Å². The first-order valence-corrected chi connectivity index (χ1v) is 11.3. The van der Waals surface area contributed by atoms with E-state index in [0.717, 1.165) is 23.4 Å². The summed E-state index contributed by atoms with van der Waals surface area (Å²) in [6, 6.07) is 9.80. The van der Waals surface area contributed by atoms with Crippen LogP contribution in [0.4, 0.5) is 13.2 Å². The van der Waals surface area contributed by atoms with Gasteiger partial charge in [0, 0.05) is 6.54 Å². The Balaban J connectivity index is 1.58. The van der Waals surface area contributed by atoms with Crippen LogP contribution in [-0.4, -0.2) is 42.4 Å². The summed E-state index contributed by atoms with van der Waals surface area (Å²) in [6.45, 7) is 0.360. The second kappa shape index (κ2) is 10.7. The first kappa shape index (κ1) is 23.9. The quantitative estimate of drug-likeness (QED) is 0.352. The number of thioether (sulfide) groups is 1. The van der Waals surface area contributed by atoms with Gasteiger partial charge >= 0.3 is 6.18 Å². The summed E-state index contributed by atoms with van der Waals surface area (Å²) in [4.78, 5) is 20.5. The molecule has 3 rings (SSSR count). The summed E-state index contributed by atoms with van der Waals surface area (Å²) >= 11 is 2.14. The highest BCUT2D eigenvalue weighted by molar-refractivity contribution is 7.99. The van der Waals surface area contributed by atoms with E-state index < -0.39 is 11.9 Å². The predicted octanol–water partition coefficient (Wildman–Crippen LogP) is 4.69. The van der Waals surface area contributed by atoms with E-state index in [9.17, 15) is 18.0 Å². The van der Waals surface area contributed by atoms with Crippen molar-refractivity contribution >= 4 is 29.0 Å². The molecule has 0 radical (unpaired) electrons. The molecule has 0 aliphatic carbocycles. The maximum Gasteiger partial charge on any atom is 0.433 e. The van der Waals surface area contributed by atoms with Crippen molar-refractivity contribution in [1.29, 1.82) is 0 Å². The largest absolute Gasteiger partial charge is 0.493 e. The molecule has 32 heavy (non-hydrogen) atoms. The normalized spacial score (nSPS) is 11.3. The Morgan fingerprint density at radius 2 is 1.91 bits per heavy atom. The molecule has 0 spiro atoms. The van der Waals surface area contributed by atoms with Crippen molar-refractivity contribution in [3.63, 3.8) is 0 Å². The van der Waals surface area contributed by atoms with E-state index in [1.54, 1.807) is 37.8 Å². The topological polar surface area (TPSA) is 73.3 Å². The third-order valence-corrected chi connectivity index (χ3v) is 6.03. The Morgan fingerprint density at radius 3 is 2.56 bits per heavy atom. The Kier molecular flexibility index (Phi) is 7.97. The third-order valence-electron chi connectivity index (χ3n) is 4.29. The van der Waals surface area contributed by atoms with E-state index in [2.05, 4.69) is 15.3 Å². The monoisotopic (exact) mass is 483 g/mol. The molecule has 0 fully saturated rings. The second-order valence-electron chi connectivity index (χ2n) is 6.47. The van der Waals surface area contributed by atoms with Crippen molar-refractivity contribution < 1.29 is 27.4 Å². The molecule has 170 valence electrons. The van der Waals surface area contributed by atoms with Gasteiger partial charge < -0.3 is 14.8 Å². The Morgan fingerprint density at radius 1 is 1.12 bits per heavy atom. The lowest BCUT2D eigenvalue weighted by atomic mass is 10.1. The van der Waals surface area contributed by atoms with Gasteiger partial charge in [-0.05, 0) is 41.6 Å². The number of thiophene rings is 1. The Bertz CT molecular complexity index is 1060. The average molecular weight is 484 g/mol. The van der Waals surface area contributed by atoms with Crippen molar-refractivity contribution in [3.8, 4) is 22.1 Å². The highest BCUT2D eigenvalue weighted by atomic mass is 32.2. The molecule has 1 aromatic carbocycles. The van der Waals surface area contributed by atoms with Gasteiger partial charge in [-0.2, -0.15) is 13.2 Å². The van der Waals surface area contributed by atoms with E-state index in [4.69, 9.17) is 9.47 Å². The number of carbonyl (C=O) groups is 1. The fraction of sp³-hybridized carbons (Fsp3) is 0.286. The molecule has 3 aromatic rings. The Labute approximate surface area is 191 Å². The highest BCUT2D eigenvalue weighted by Gasteiger charge is 2.34. The van der Waals surface area contributed by atoms with Crippen LogP contribution in [0.15, 0.2) is 46.9 Å². The van der Waals surface area contributed by atoms with Crippen LogP contribution in [-0.2, 0) is 17.4 Å². The second-order valence-corrected chi connectivity index (χ2v) is 8.36. The number of methoxy groups -OCH3 is 2. The van der Waals surface area contributed by atoms with Gasteiger partial charge in [0.25, 0.3) is 0 Å². The van der Waals surface area contributed by atoms with Crippen molar-refractivity contribution in [2.75, 3.05) is 26.5 Å². The molecule has 0 aliphatic heterocycles. The zero-order chi connectivity index (χ0) is 23.1. The minimum atomic E-state index is -4.61. The number of hydrogen-bond acceptors (Lipinski definition) is 7. The molecule has 0 bridgehead atoms. The first-order valence-electron chi connectivity index (χ1n) is 9.40. The van der Waals surface area contributed by atoms with Gasteiger partial charge in [0.1, 0.15) is 5.69 Å². The summed E-state index contributed by atoms with van der Waals surface area (Å²) in [6.07, 6.45) is -4.05. The van der Waals surface area contributed by atoms with Gasteiger partial charge in [-0.25, -0.2) is 9.97 Å². The van der Waals surface area contributed by atoms with Gasteiger partial charge in [-0.3, -0.25) is 4.79 Å². The number of nitrogens with one attached hydrogen (secondary N) is 1. The number of amides is 1. The molecule has 1 N–H and O–H groups in total. The van der Waals surface area contributed by atoms with Crippen molar-refractivity contribution in [3.05, 3.63) is 53.0 Å². The predicted molar refractivity (Wildman–Crippen MR) is 117 cm³/mol. The number of aromatic nitrogens is 2. The SMILES string of the molecule is COc1ccc(CCNC(=O)CSc2nc(-c3cccs3)cc(C(F)(F)F)n2)cc1OC. The van der Waals surface area contributed by atoms with E-state index in [0.29, 0.717) is 29.3 Å². The number of ether oxygens (including phenoxy) is 2. The molecule has 0 saturated carbocycles. The number of halogens is 3. The maximum atomic E-state index is 13.2. The van der Waals surface area contributed by atoms with Gasteiger partial charge in [0.2, 0.25) is 5.91 Å². The molecular weight excluding hydrogens is 463 g/mol. The summed E-state index contributed by atoms with van der Waals surface area (Å²) < 4.78 is 50.1. The molecule has 2 aromatic heterocycles. The number of benzene rings is 1. The zero-order valence-electron chi connectivity index (χ0n) is 17.2. The van der Waals surface area contributed by atoms with E-state index in [-0.39, 0.29) is 22.5 Å². The number of alkyl halides is 3. The van der Waals surface area contributed by atoms with Crippen LogP contribution in [0.5, 0.6) is 11.5 Å². The highest BCUT2D eigenvalue weighted by Crippen LogP contribution is 2.33. The average Bonchev–Trinajstić information content (AvgIpc) is 3.32. The van der Waals surface area contributed by atoms with Crippen LogP contribution >= 0.6 is 23.1 Å². The van der Waals surface area contributed by atoms with Gasteiger partial charge in [0.15, 0.2) is 16.7 Å². The number of rotatable bonds is 9. The lowest BCUT2D eigenvalue weighted by Crippen LogP contribution is -2.27. The molecule has 0 unspecified atom stereocenters. The molecule has 0 aliphatic rings. The number of hydrogen-bond donors (Lipinski definition) is 1. The minimum Gasteiger partial charge on any atom is -0.493 e. The summed E-state index contributed by atoms with van der Waals surface area (Å²) in [5, 5.41) is 4.40. The molecule has 11 heteroatoms. The fourth-order valence-electron chi connectivity index (χ4n) is 2.75. The molecular formula is C21H20F3N3O3S2. The van der Waals surface area contributed by atoms with Crippen LogP contribution in [0.3, 0.4) is 0 Å². The maximum absolute atomic E-state index is 13.2. The van der Waals surface area contributed by atoms with Crippen molar-refractivity contribution in [2.45, 2.75) is 17.8 Å². The minimum absolute atomic E-state index is 0.0988. The van der Waals surface area contributed by atoms with Gasteiger partial charge in [-0.1, -0.05) is 23.9 Å². The van der Waals surface area contributed by atoms with Crippen LogP contribution < -0.4 is 14.8 Å². The van der Waals surface area contributed by atoms with Crippen molar-refractivity contribution in [2.24, 2.45) is 0 Å². The van der Waals surface area contributed by atoms with Crippen LogP contribution in [0.25, 0.3) is 10.6 Å². The Hall–Kier alpha value is -2.79. The smallest absolute Gasteiger partial charge is 0.433 e. The molecule has 0 atom stereocenters. The first-order chi connectivity index (χ1) is 15.3. The summed E-state index contributed by atoms with van der Waals surface area (Å²) in [7, 11) is 3.09. The third kappa shape index (κ3) is 6.36. The molecule has 6 nitrogen and oxygen atoms in total. The fourth-order valence-corrected chi connectivity index (χ4v) is 4.12. The number of carbonyl (C=O) groups excluding carboxylic acids is 1.